The van der Waals surface area contributed by atoms with E-state index in [9.17, 15) is 0 Å². The van der Waals surface area contributed by atoms with Crippen molar-refractivity contribution >= 4 is 0 Å². The van der Waals surface area contributed by atoms with Gasteiger partial charge in [0.05, 0.1) is 0 Å². The lowest BCUT2D eigenvalue weighted by molar-refractivity contribution is 0.418. The molecule has 2 nitrogen and oxygen atoms in total. The molecule has 0 radical (unpaired) electrons. The molecule has 66 valence electrons. The van der Waals surface area contributed by atoms with E-state index in [2.05, 4.69) is 24.5 Å². The Morgan fingerprint density at radius 3 is 2.36 bits per heavy atom. The van der Waals surface area contributed by atoms with Crippen molar-refractivity contribution in [2.45, 2.75) is 26.8 Å². The second kappa shape index (κ2) is 6.23. The van der Waals surface area contributed by atoms with Crippen molar-refractivity contribution in [3.63, 3.8) is 0 Å². The number of hydrogen-bond donors (Lipinski definition) is 2. The Morgan fingerprint density at radius 1 is 1.36 bits per heavy atom. The summed E-state index contributed by atoms with van der Waals surface area (Å²) in [7, 11) is 2.00. The summed E-state index contributed by atoms with van der Waals surface area (Å²) in [5.74, 6) is 0.678. The van der Waals surface area contributed by atoms with Crippen LogP contribution in [0.25, 0.3) is 0 Å². The highest BCUT2D eigenvalue weighted by atomic mass is 15.0. The van der Waals surface area contributed by atoms with E-state index in [1.807, 2.05) is 26.2 Å². The molecule has 2 N–H and O–H groups in total. The number of hydrogen-bond acceptors (Lipinski definition) is 2. The van der Waals surface area contributed by atoms with Crippen LogP contribution in [0.5, 0.6) is 0 Å². The molecule has 0 rings (SSSR count). The second-order valence-electron chi connectivity index (χ2n) is 3.05. The molecule has 0 aliphatic heterocycles. The summed E-state index contributed by atoms with van der Waals surface area (Å²) in [6, 6.07) is 0.561. The van der Waals surface area contributed by atoms with Gasteiger partial charge in [0, 0.05) is 12.6 Å². The standard InChI is InChI=1S/C9H20N2/c1-5-6-11-7-9(10-4)8(2)3/h5-6,8-11H,7H2,1-4H3/b6-5+/t9-/m1/s1. The van der Waals surface area contributed by atoms with E-state index in [0.29, 0.717) is 12.0 Å². The Hall–Kier alpha value is -0.500. The summed E-state index contributed by atoms with van der Waals surface area (Å²) in [5.41, 5.74) is 0. The van der Waals surface area contributed by atoms with Gasteiger partial charge < -0.3 is 10.6 Å². The third-order valence-corrected chi connectivity index (χ3v) is 1.80. The smallest absolute Gasteiger partial charge is 0.0297 e. The van der Waals surface area contributed by atoms with Crippen molar-refractivity contribution in [3.05, 3.63) is 12.3 Å². The molecule has 0 heterocycles. The van der Waals surface area contributed by atoms with Gasteiger partial charge in [-0.1, -0.05) is 19.9 Å². The van der Waals surface area contributed by atoms with Crippen LogP contribution in [-0.2, 0) is 0 Å². The Morgan fingerprint density at radius 2 is 2.00 bits per heavy atom. The number of rotatable bonds is 5. The molecule has 0 saturated heterocycles. The third-order valence-electron chi connectivity index (χ3n) is 1.80. The van der Waals surface area contributed by atoms with Crippen LogP contribution < -0.4 is 10.6 Å². The van der Waals surface area contributed by atoms with Crippen LogP contribution >= 0.6 is 0 Å². The van der Waals surface area contributed by atoms with Crippen molar-refractivity contribution in [1.29, 1.82) is 0 Å². The van der Waals surface area contributed by atoms with Crippen molar-refractivity contribution in [1.82, 2.24) is 10.6 Å². The van der Waals surface area contributed by atoms with Gasteiger partial charge in [0.1, 0.15) is 0 Å². The van der Waals surface area contributed by atoms with Crippen LogP contribution in [0.15, 0.2) is 12.3 Å². The average Bonchev–Trinajstić information content (AvgIpc) is 1.97. The molecule has 0 aliphatic rings. The van der Waals surface area contributed by atoms with Gasteiger partial charge >= 0.3 is 0 Å². The molecule has 0 saturated carbocycles. The molecule has 0 unspecified atom stereocenters. The summed E-state index contributed by atoms with van der Waals surface area (Å²) in [4.78, 5) is 0. The lowest BCUT2D eigenvalue weighted by atomic mass is 10.1. The van der Waals surface area contributed by atoms with Gasteiger partial charge in [-0.15, -0.1) is 0 Å². The predicted molar refractivity (Wildman–Crippen MR) is 50.5 cm³/mol. The molecule has 0 fully saturated rings. The molecule has 0 spiro atoms. The maximum absolute atomic E-state index is 3.26. The first kappa shape index (κ1) is 10.5. The lowest BCUT2D eigenvalue weighted by Gasteiger charge is -2.19. The topological polar surface area (TPSA) is 24.1 Å². The fourth-order valence-corrected chi connectivity index (χ4v) is 0.984. The largest absolute Gasteiger partial charge is 0.390 e. The monoisotopic (exact) mass is 156 g/mol. The summed E-state index contributed by atoms with van der Waals surface area (Å²) < 4.78 is 0. The quantitative estimate of drug-likeness (QED) is 0.628. The van der Waals surface area contributed by atoms with Crippen LogP contribution in [0.3, 0.4) is 0 Å². The summed E-state index contributed by atoms with van der Waals surface area (Å²) in [6.45, 7) is 7.45. The summed E-state index contributed by atoms with van der Waals surface area (Å²) >= 11 is 0. The third kappa shape index (κ3) is 4.85. The van der Waals surface area contributed by atoms with Gasteiger partial charge in [-0.2, -0.15) is 0 Å². The molecular weight excluding hydrogens is 136 g/mol. The minimum absolute atomic E-state index is 0.561. The average molecular weight is 156 g/mol. The molecule has 0 amide bonds. The van der Waals surface area contributed by atoms with Crippen molar-refractivity contribution in [2.75, 3.05) is 13.6 Å². The molecule has 0 aromatic rings. The van der Waals surface area contributed by atoms with E-state index in [0.717, 1.165) is 6.54 Å². The lowest BCUT2D eigenvalue weighted by Crippen LogP contribution is -2.38. The van der Waals surface area contributed by atoms with Gasteiger partial charge in [-0.3, -0.25) is 0 Å². The molecule has 0 aliphatic carbocycles. The SMILES string of the molecule is C/C=C/NC[C@@H](NC)C(C)C. The van der Waals surface area contributed by atoms with Crippen LogP contribution in [0.2, 0.25) is 0 Å². The van der Waals surface area contributed by atoms with E-state index in [1.54, 1.807) is 0 Å². The van der Waals surface area contributed by atoms with E-state index in [1.165, 1.54) is 0 Å². The zero-order chi connectivity index (χ0) is 8.69. The molecule has 0 aromatic heterocycles. The summed E-state index contributed by atoms with van der Waals surface area (Å²) in [5, 5.41) is 6.49. The maximum Gasteiger partial charge on any atom is 0.0297 e. The summed E-state index contributed by atoms with van der Waals surface area (Å²) in [6.07, 6.45) is 3.99. The van der Waals surface area contributed by atoms with Gasteiger partial charge in [0.25, 0.3) is 0 Å². The Balaban J connectivity index is 3.52. The molecule has 1 atom stereocenters. The zero-order valence-corrected chi connectivity index (χ0v) is 8.02. The van der Waals surface area contributed by atoms with Crippen molar-refractivity contribution in [2.24, 2.45) is 5.92 Å². The van der Waals surface area contributed by atoms with E-state index in [-0.39, 0.29) is 0 Å². The highest BCUT2D eigenvalue weighted by Gasteiger charge is 2.08. The zero-order valence-electron chi connectivity index (χ0n) is 8.02. The first-order chi connectivity index (χ1) is 5.22. The molecular formula is C9H20N2. The van der Waals surface area contributed by atoms with Crippen LogP contribution in [0, 0.1) is 5.92 Å². The van der Waals surface area contributed by atoms with E-state index >= 15 is 0 Å². The Bertz CT molecular complexity index is 108. The molecule has 0 aromatic carbocycles. The predicted octanol–water partition coefficient (Wildman–Crippen LogP) is 1.35. The minimum atomic E-state index is 0.561. The van der Waals surface area contributed by atoms with Crippen LogP contribution in [-0.4, -0.2) is 19.6 Å². The highest BCUT2D eigenvalue weighted by molar-refractivity contribution is 4.79. The van der Waals surface area contributed by atoms with Gasteiger partial charge in [0.15, 0.2) is 0 Å². The fourth-order valence-electron chi connectivity index (χ4n) is 0.984. The fraction of sp³-hybridized carbons (Fsp3) is 0.778. The number of nitrogens with one attached hydrogen (secondary N) is 2. The van der Waals surface area contributed by atoms with E-state index < -0.39 is 0 Å². The molecule has 11 heavy (non-hydrogen) atoms. The highest BCUT2D eigenvalue weighted by Crippen LogP contribution is 1.98. The van der Waals surface area contributed by atoms with Gasteiger partial charge in [0.2, 0.25) is 0 Å². The number of allylic oxidation sites excluding steroid dienone is 1. The Kier molecular flexibility index (Phi) is 5.94. The van der Waals surface area contributed by atoms with Crippen LogP contribution in [0.1, 0.15) is 20.8 Å². The normalized spacial score (nSPS) is 14.3. The Labute approximate surface area is 70.1 Å². The minimum Gasteiger partial charge on any atom is -0.390 e. The molecule has 2 heteroatoms. The van der Waals surface area contributed by atoms with Crippen molar-refractivity contribution < 1.29 is 0 Å². The first-order valence-corrected chi connectivity index (χ1v) is 4.24. The van der Waals surface area contributed by atoms with Crippen molar-refractivity contribution in [3.8, 4) is 0 Å². The van der Waals surface area contributed by atoms with Crippen LogP contribution in [0.4, 0.5) is 0 Å². The van der Waals surface area contributed by atoms with E-state index in [4.69, 9.17) is 0 Å². The second-order valence-corrected chi connectivity index (χ2v) is 3.05. The maximum atomic E-state index is 3.26. The van der Waals surface area contributed by atoms with Gasteiger partial charge in [-0.25, -0.2) is 0 Å². The first-order valence-electron chi connectivity index (χ1n) is 4.24. The molecule has 0 bridgehead atoms. The van der Waals surface area contributed by atoms with Gasteiger partial charge in [-0.05, 0) is 26.1 Å². The number of likely N-dealkylation sites (N-methyl/N-ethyl adjacent to an activating group) is 1.